The van der Waals surface area contributed by atoms with E-state index < -0.39 is 7.82 Å². The molecule has 0 radical (unpaired) electrons. The molecule has 174 valence electrons. The van der Waals surface area contributed by atoms with Crippen molar-refractivity contribution in [3.63, 3.8) is 0 Å². The van der Waals surface area contributed by atoms with Crippen molar-refractivity contribution in [3.05, 3.63) is 12.4 Å². The lowest BCUT2D eigenvalue weighted by Crippen LogP contribution is -2.23. The Morgan fingerprint density at radius 3 is 1.52 bits per heavy atom. The minimum Gasteiger partial charge on any atom is -0.362 e. The maximum absolute atomic E-state index is 10.1. The Morgan fingerprint density at radius 1 is 0.793 bits per heavy atom. The van der Waals surface area contributed by atoms with Crippen molar-refractivity contribution in [2.24, 2.45) is 0 Å². The molecule has 0 aromatic carbocycles. The molecule has 0 spiro atoms. The highest BCUT2D eigenvalue weighted by Crippen LogP contribution is 2.40. The molecule has 1 N–H and O–H groups in total. The van der Waals surface area contributed by atoms with Crippen LogP contribution < -0.4 is 0 Å². The third-order valence-corrected chi connectivity index (χ3v) is 6.12. The summed E-state index contributed by atoms with van der Waals surface area (Å²) in [6.07, 6.45) is 24.6. The highest BCUT2D eigenvalue weighted by Gasteiger charge is 2.13. The van der Waals surface area contributed by atoms with Crippen LogP contribution in [0.25, 0.3) is 0 Å². The second kappa shape index (κ2) is 19.4. The first kappa shape index (κ1) is 28.5. The van der Waals surface area contributed by atoms with E-state index in [-0.39, 0.29) is 0 Å². The summed E-state index contributed by atoms with van der Waals surface area (Å²) in [5.74, 6) is 0. The highest BCUT2D eigenvalue weighted by atomic mass is 31.2. The molecule has 1 rings (SSSR count). The van der Waals surface area contributed by atoms with Gasteiger partial charge in [0.2, 0.25) is 0 Å². The van der Waals surface area contributed by atoms with Crippen LogP contribution in [0, 0.1) is 0 Å². The summed E-state index contributed by atoms with van der Waals surface area (Å²) in [6.45, 7) is 4.61. The summed E-state index contributed by atoms with van der Waals surface area (Å²) in [6, 6.07) is 0. The molecule has 0 fully saturated rings. The van der Waals surface area contributed by atoms with Gasteiger partial charge in [-0.15, -0.1) is 0 Å². The van der Waals surface area contributed by atoms with Crippen molar-refractivity contribution in [2.45, 2.75) is 96.8 Å². The van der Waals surface area contributed by atoms with Gasteiger partial charge in [-0.25, -0.2) is 4.57 Å². The number of phosphoric acid groups is 1. The molecule has 1 aliphatic rings. The molecule has 0 aliphatic carbocycles. The molecule has 1 heterocycles. The summed E-state index contributed by atoms with van der Waals surface area (Å²) >= 11 is 0. The summed E-state index contributed by atoms with van der Waals surface area (Å²) in [5.41, 5.74) is 0. The van der Waals surface area contributed by atoms with Gasteiger partial charge in [0.1, 0.15) is 0 Å². The van der Waals surface area contributed by atoms with Gasteiger partial charge in [0.15, 0.2) is 0 Å². The topological polar surface area (TPSA) is 62.2 Å². The highest BCUT2D eigenvalue weighted by molar-refractivity contribution is 7.47. The summed E-state index contributed by atoms with van der Waals surface area (Å²) in [4.78, 5) is 12.9. The largest absolute Gasteiger partial charge is 0.471 e. The molecule has 7 heteroatoms. The fourth-order valence-corrected chi connectivity index (χ4v) is 3.47. The Morgan fingerprint density at radius 2 is 1.21 bits per heavy atom. The quantitative estimate of drug-likeness (QED) is 0.208. The number of hydrogen-bond acceptors (Lipinski definition) is 5. The predicted octanol–water partition coefficient (Wildman–Crippen LogP) is 6.52. The first-order valence-electron chi connectivity index (χ1n) is 11.5. The van der Waals surface area contributed by atoms with Crippen molar-refractivity contribution in [1.82, 2.24) is 9.80 Å². The number of hydrogen-bond donors (Lipinski definition) is 1. The smallest absolute Gasteiger partial charge is 0.362 e. The molecule has 0 bridgehead atoms. The molecule has 1 aliphatic heterocycles. The lowest BCUT2D eigenvalue weighted by molar-refractivity contribution is 0.204. The molecule has 0 aromatic rings. The van der Waals surface area contributed by atoms with E-state index >= 15 is 0 Å². The van der Waals surface area contributed by atoms with Crippen LogP contribution in [0.4, 0.5) is 0 Å². The minimum atomic E-state index is -3.65. The van der Waals surface area contributed by atoms with Gasteiger partial charge >= 0.3 is 7.82 Å². The van der Waals surface area contributed by atoms with Crippen LogP contribution in [0.1, 0.15) is 96.8 Å². The Labute approximate surface area is 180 Å². The van der Waals surface area contributed by atoms with Crippen molar-refractivity contribution in [1.29, 1.82) is 0 Å². The van der Waals surface area contributed by atoms with Crippen molar-refractivity contribution >= 4 is 7.82 Å². The predicted molar refractivity (Wildman–Crippen MR) is 123 cm³/mol. The van der Waals surface area contributed by atoms with Gasteiger partial charge in [0.25, 0.3) is 0 Å². The summed E-state index contributed by atoms with van der Waals surface area (Å²) < 4.78 is 18.0. The second-order valence-electron chi connectivity index (χ2n) is 7.94. The summed E-state index contributed by atoms with van der Waals surface area (Å²) in [5, 5.41) is 0. The average molecular weight is 435 g/mol. The Kier molecular flexibility index (Phi) is 19.0. The maximum Gasteiger partial charge on any atom is 0.471 e. The van der Waals surface area contributed by atoms with Gasteiger partial charge in [-0.1, -0.05) is 90.4 Å². The number of nitrogens with zero attached hydrogens (tertiary/aromatic N) is 2. The molecule has 6 nitrogen and oxygen atoms in total. The fourth-order valence-electron chi connectivity index (χ4n) is 3.32. The molecular weight excluding hydrogens is 387 g/mol. The van der Waals surface area contributed by atoms with Gasteiger partial charge in [0.05, 0.1) is 6.67 Å². The number of phosphoric ester groups is 1. The molecule has 0 unspecified atom stereocenters. The first-order valence-corrected chi connectivity index (χ1v) is 13.0. The monoisotopic (exact) mass is 434 g/mol. The molecule has 0 saturated heterocycles. The molecular formula is C22H47N2O4P. The zero-order chi connectivity index (χ0) is 21.8. The molecule has 0 atom stereocenters. The van der Waals surface area contributed by atoms with Gasteiger partial charge < -0.3 is 14.7 Å². The Balaban J connectivity index is 0.000000956. The number of rotatable bonds is 17. The third-order valence-electron chi connectivity index (χ3n) is 5.20. The van der Waals surface area contributed by atoms with Crippen LogP contribution in [0.2, 0.25) is 0 Å². The van der Waals surface area contributed by atoms with Crippen LogP contribution in [0.15, 0.2) is 12.4 Å². The molecule has 0 saturated carbocycles. The zero-order valence-corrected chi connectivity index (χ0v) is 20.4. The van der Waals surface area contributed by atoms with Gasteiger partial charge in [-0.2, -0.15) is 0 Å². The van der Waals surface area contributed by atoms with E-state index in [9.17, 15) is 4.57 Å². The fraction of sp³-hybridized carbons (Fsp3) is 0.909. The standard InChI is InChI=1S/C20H40N2.C2H7O4P/c1-3-4-5-6-7-8-9-10-11-12-13-14-15-16-17-22-19-18-21(2)20-22;1-5-7(3,4)6-2/h18-19H,3-17,20H2,1-2H3;1-2H3,(H,3,4). The Bertz CT molecular complexity index is 427. The van der Waals surface area contributed by atoms with Crippen LogP contribution in [0.3, 0.4) is 0 Å². The first-order chi connectivity index (χ1) is 13.9. The van der Waals surface area contributed by atoms with Gasteiger partial charge in [-0.3, -0.25) is 9.05 Å². The van der Waals surface area contributed by atoms with E-state index in [1.165, 1.54) is 96.4 Å². The second-order valence-corrected chi connectivity index (χ2v) is 9.61. The Hall–Kier alpha value is -0.550. The third kappa shape index (κ3) is 19.2. The van der Waals surface area contributed by atoms with E-state index in [1.54, 1.807) is 0 Å². The molecule has 29 heavy (non-hydrogen) atoms. The van der Waals surface area contributed by atoms with Crippen LogP contribution in [-0.2, 0) is 13.6 Å². The average Bonchev–Trinajstić information content (AvgIpc) is 3.14. The normalized spacial score (nSPS) is 13.7. The van der Waals surface area contributed by atoms with Crippen molar-refractivity contribution in [3.8, 4) is 0 Å². The van der Waals surface area contributed by atoms with Crippen LogP contribution in [-0.4, -0.2) is 49.2 Å². The summed E-state index contributed by atoms with van der Waals surface area (Å²) in [7, 11) is 0.689. The van der Waals surface area contributed by atoms with Gasteiger partial charge in [0, 0.05) is 40.2 Å². The van der Waals surface area contributed by atoms with E-state index in [0.717, 1.165) is 20.9 Å². The van der Waals surface area contributed by atoms with Crippen molar-refractivity contribution in [2.75, 3.05) is 34.5 Å². The lowest BCUT2D eigenvalue weighted by atomic mass is 10.0. The van der Waals surface area contributed by atoms with E-state index in [2.05, 4.69) is 45.2 Å². The molecule has 0 aromatic heterocycles. The number of unbranched alkanes of at least 4 members (excludes halogenated alkanes) is 13. The maximum atomic E-state index is 10.1. The molecule has 0 amide bonds. The van der Waals surface area contributed by atoms with E-state index in [4.69, 9.17) is 4.89 Å². The van der Waals surface area contributed by atoms with Crippen LogP contribution >= 0.6 is 7.82 Å². The minimum absolute atomic E-state index is 1.08. The zero-order valence-electron chi connectivity index (χ0n) is 19.5. The van der Waals surface area contributed by atoms with Crippen molar-refractivity contribution < 1.29 is 18.5 Å². The van der Waals surface area contributed by atoms with E-state index in [1.807, 2.05) is 0 Å². The van der Waals surface area contributed by atoms with E-state index in [0.29, 0.717) is 0 Å². The van der Waals surface area contributed by atoms with Gasteiger partial charge in [-0.05, 0) is 6.42 Å². The van der Waals surface area contributed by atoms with Crippen LogP contribution in [0.5, 0.6) is 0 Å². The lowest BCUT2D eigenvalue weighted by Gasteiger charge is -2.17. The SMILES string of the molecule is CCCCCCCCCCCCCCCCN1C=CN(C)C1.COP(=O)(O)OC.